The number of rotatable bonds is 6. The van der Waals surface area contributed by atoms with Crippen LogP contribution in [0.1, 0.15) is 39.0 Å². The van der Waals surface area contributed by atoms with E-state index in [2.05, 4.69) is 25.4 Å². The van der Waals surface area contributed by atoms with Gasteiger partial charge in [-0.25, -0.2) is 14.5 Å². The van der Waals surface area contributed by atoms with E-state index in [9.17, 15) is 13.9 Å². The van der Waals surface area contributed by atoms with E-state index >= 15 is 0 Å². The van der Waals surface area contributed by atoms with Gasteiger partial charge in [0.2, 0.25) is 17.6 Å². The summed E-state index contributed by atoms with van der Waals surface area (Å²) in [7, 11) is 0. The second-order valence-electron chi connectivity index (χ2n) is 8.12. The van der Waals surface area contributed by atoms with Crippen LogP contribution < -0.4 is 10.1 Å². The molecule has 168 valence electrons. The number of ether oxygens (including phenoxy) is 1. The third-order valence-corrected chi connectivity index (χ3v) is 6.14. The Morgan fingerprint density at radius 1 is 1.28 bits per heavy atom. The van der Waals surface area contributed by atoms with Crippen molar-refractivity contribution in [1.82, 2.24) is 29.0 Å². The largest absolute Gasteiger partial charge is 0.414 e. The van der Waals surface area contributed by atoms with Gasteiger partial charge >= 0.3 is 6.61 Å². The van der Waals surface area contributed by atoms with Gasteiger partial charge in [0.15, 0.2) is 0 Å². The van der Waals surface area contributed by atoms with Crippen molar-refractivity contribution in [1.29, 1.82) is 0 Å². The molecule has 1 saturated carbocycles. The van der Waals surface area contributed by atoms with E-state index in [4.69, 9.17) is 4.74 Å². The predicted octanol–water partition coefficient (Wildman–Crippen LogP) is 3.54. The molecule has 4 aromatic heterocycles. The third kappa shape index (κ3) is 3.83. The number of hydrogen-bond acceptors (Lipinski definition) is 7. The topological polar surface area (TPSA) is 102 Å². The molecule has 1 aliphatic carbocycles. The van der Waals surface area contributed by atoms with E-state index in [0.717, 1.165) is 12.8 Å². The number of anilines is 1. The molecule has 0 saturated heterocycles. The van der Waals surface area contributed by atoms with Crippen LogP contribution in [0.5, 0.6) is 5.88 Å². The zero-order valence-corrected chi connectivity index (χ0v) is 17.4. The molecule has 0 atom stereocenters. The molecular formula is C21H23F2N7O2. The summed E-state index contributed by atoms with van der Waals surface area (Å²) in [6.45, 7) is -1.06. The summed E-state index contributed by atoms with van der Waals surface area (Å²) in [6.07, 6.45) is 12.0. The first-order valence-corrected chi connectivity index (χ1v) is 10.6. The zero-order chi connectivity index (χ0) is 22.3. The van der Waals surface area contributed by atoms with Crippen LogP contribution in [0.4, 0.5) is 14.7 Å². The molecular weight excluding hydrogens is 420 g/mol. The van der Waals surface area contributed by atoms with Crippen LogP contribution in [-0.4, -0.2) is 52.3 Å². The van der Waals surface area contributed by atoms with Gasteiger partial charge in [0.1, 0.15) is 5.52 Å². The summed E-state index contributed by atoms with van der Waals surface area (Å²) in [6, 6.07) is 1.80. The summed E-state index contributed by atoms with van der Waals surface area (Å²) < 4.78 is 34.4. The number of imidazole rings is 1. The van der Waals surface area contributed by atoms with Crippen molar-refractivity contribution in [3.63, 3.8) is 0 Å². The molecule has 2 N–H and O–H groups in total. The quantitative estimate of drug-likeness (QED) is 0.470. The molecule has 0 aromatic carbocycles. The molecule has 1 fully saturated rings. The molecule has 1 aliphatic rings. The molecule has 32 heavy (non-hydrogen) atoms. The van der Waals surface area contributed by atoms with Crippen molar-refractivity contribution in [2.45, 2.75) is 57.3 Å². The minimum absolute atomic E-state index is 0.0431. The van der Waals surface area contributed by atoms with Crippen molar-refractivity contribution in [2.24, 2.45) is 0 Å². The maximum absolute atomic E-state index is 13.2. The molecule has 4 aromatic rings. The fourth-order valence-electron chi connectivity index (χ4n) is 4.24. The molecule has 0 spiro atoms. The Hall–Kier alpha value is -3.34. The number of fused-ring (bicyclic) bond motifs is 2. The SMILES string of the molecule is CCC1(O)CCC(Nc2nc(OC(F)F)c3c(-c4cnc5nccn5c4)ccn3n2)CC1. The van der Waals surface area contributed by atoms with Gasteiger partial charge in [-0.3, -0.25) is 4.40 Å². The second kappa shape index (κ2) is 7.97. The van der Waals surface area contributed by atoms with Gasteiger partial charge in [0.25, 0.3) is 0 Å². The van der Waals surface area contributed by atoms with Crippen LogP contribution in [0.2, 0.25) is 0 Å². The molecule has 0 unspecified atom stereocenters. The Bertz CT molecular complexity index is 1250. The van der Waals surface area contributed by atoms with Crippen molar-refractivity contribution >= 4 is 17.2 Å². The van der Waals surface area contributed by atoms with E-state index in [1.165, 1.54) is 4.52 Å². The lowest BCUT2D eigenvalue weighted by atomic mass is 9.80. The summed E-state index contributed by atoms with van der Waals surface area (Å²) >= 11 is 0. The van der Waals surface area contributed by atoms with Crippen LogP contribution in [0.3, 0.4) is 0 Å². The van der Waals surface area contributed by atoms with Crippen LogP contribution in [0.15, 0.2) is 37.1 Å². The van der Waals surface area contributed by atoms with Gasteiger partial charge in [-0.1, -0.05) is 6.92 Å². The number of aromatic nitrogens is 6. The van der Waals surface area contributed by atoms with Gasteiger partial charge in [-0.15, -0.1) is 5.10 Å². The number of aliphatic hydroxyl groups is 1. The monoisotopic (exact) mass is 443 g/mol. The van der Waals surface area contributed by atoms with Crippen molar-refractivity contribution in [3.05, 3.63) is 37.1 Å². The first-order chi connectivity index (χ1) is 15.4. The lowest BCUT2D eigenvalue weighted by Crippen LogP contribution is -2.38. The third-order valence-electron chi connectivity index (χ3n) is 6.14. The number of nitrogens with zero attached hydrogens (tertiary/aromatic N) is 6. The summed E-state index contributed by atoms with van der Waals surface area (Å²) in [5, 5.41) is 18.1. The standard InChI is InChI=1S/C21H23F2N7O2/c1-2-21(31)6-3-14(4-7-21)26-19-27-17(32-18(22)23)16-15(5-9-30(16)28-19)13-11-25-20-24-8-10-29(20)12-13/h5,8-12,14,18,31H,2-4,6-7H2,1H3,(H,26,28). The summed E-state index contributed by atoms with van der Waals surface area (Å²) in [5.74, 6) is 0.515. The predicted molar refractivity (Wildman–Crippen MR) is 113 cm³/mol. The van der Waals surface area contributed by atoms with Crippen molar-refractivity contribution in [3.8, 4) is 17.0 Å². The maximum Gasteiger partial charge on any atom is 0.388 e. The van der Waals surface area contributed by atoms with E-state index in [1.807, 2.05) is 6.92 Å². The zero-order valence-electron chi connectivity index (χ0n) is 17.4. The molecule has 0 amide bonds. The van der Waals surface area contributed by atoms with Gasteiger partial charge in [0, 0.05) is 48.2 Å². The first-order valence-electron chi connectivity index (χ1n) is 10.6. The van der Waals surface area contributed by atoms with Gasteiger partial charge in [-0.2, -0.15) is 13.8 Å². The van der Waals surface area contributed by atoms with Crippen molar-refractivity contribution in [2.75, 3.05) is 5.32 Å². The highest BCUT2D eigenvalue weighted by Crippen LogP contribution is 2.34. The van der Waals surface area contributed by atoms with Crippen LogP contribution >= 0.6 is 0 Å². The minimum atomic E-state index is -3.03. The molecule has 0 radical (unpaired) electrons. The lowest BCUT2D eigenvalue weighted by molar-refractivity contribution is -0.0520. The van der Waals surface area contributed by atoms with Gasteiger partial charge < -0.3 is 15.2 Å². The minimum Gasteiger partial charge on any atom is -0.414 e. The van der Waals surface area contributed by atoms with E-state index in [1.54, 1.807) is 41.5 Å². The molecule has 0 aliphatic heterocycles. The maximum atomic E-state index is 13.2. The number of nitrogens with one attached hydrogen (secondary N) is 1. The molecule has 4 heterocycles. The highest BCUT2D eigenvalue weighted by atomic mass is 19.3. The average molecular weight is 443 g/mol. The highest BCUT2D eigenvalue weighted by molar-refractivity contribution is 5.84. The van der Waals surface area contributed by atoms with E-state index in [0.29, 0.717) is 41.7 Å². The number of alkyl halides is 2. The van der Waals surface area contributed by atoms with Gasteiger partial charge in [0.05, 0.1) is 5.60 Å². The fourth-order valence-corrected chi connectivity index (χ4v) is 4.24. The van der Waals surface area contributed by atoms with Gasteiger partial charge in [-0.05, 0) is 38.2 Å². The van der Waals surface area contributed by atoms with E-state index < -0.39 is 12.2 Å². The highest BCUT2D eigenvalue weighted by Gasteiger charge is 2.32. The van der Waals surface area contributed by atoms with Crippen LogP contribution in [0.25, 0.3) is 22.4 Å². The summed E-state index contributed by atoms with van der Waals surface area (Å²) in [5.41, 5.74) is 0.988. The first kappa shape index (κ1) is 20.6. The Morgan fingerprint density at radius 3 is 2.84 bits per heavy atom. The molecule has 0 bridgehead atoms. The smallest absolute Gasteiger partial charge is 0.388 e. The summed E-state index contributed by atoms with van der Waals surface area (Å²) in [4.78, 5) is 12.7. The average Bonchev–Trinajstić information content (AvgIpc) is 3.41. The Kier molecular flexibility index (Phi) is 5.12. The molecule has 9 nitrogen and oxygen atoms in total. The lowest BCUT2D eigenvalue weighted by Gasteiger charge is -2.35. The Labute approximate surface area is 182 Å². The Morgan fingerprint density at radius 2 is 2.09 bits per heavy atom. The Balaban J connectivity index is 1.49. The molecule has 5 rings (SSSR count). The number of halogens is 2. The van der Waals surface area contributed by atoms with E-state index in [-0.39, 0.29) is 17.9 Å². The number of hydrogen-bond donors (Lipinski definition) is 2. The van der Waals surface area contributed by atoms with Crippen molar-refractivity contribution < 1.29 is 18.6 Å². The second-order valence-corrected chi connectivity index (χ2v) is 8.12. The van der Waals surface area contributed by atoms with Crippen LogP contribution in [-0.2, 0) is 0 Å². The molecule has 11 heteroatoms. The normalized spacial score (nSPS) is 21.5. The van der Waals surface area contributed by atoms with Crippen LogP contribution in [0, 0.1) is 0 Å². The fraction of sp³-hybridized carbons (Fsp3) is 0.429.